The molecule has 166 valence electrons. The van der Waals surface area contributed by atoms with Gasteiger partial charge in [0.15, 0.2) is 14.1 Å². The van der Waals surface area contributed by atoms with Crippen LogP contribution < -0.4 is 0 Å². The minimum Gasteiger partial charge on any atom is -0.466 e. The van der Waals surface area contributed by atoms with E-state index >= 15 is 0 Å². The highest BCUT2D eigenvalue weighted by Crippen LogP contribution is 2.45. The average molecular weight is 423 g/mol. The number of allylic oxidation sites excluding steroid dienone is 3. The van der Waals surface area contributed by atoms with Gasteiger partial charge >= 0.3 is 5.97 Å². The van der Waals surface area contributed by atoms with E-state index in [0.717, 1.165) is 24.8 Å². The molecule has 1 aliphatic carbocycles. The van der Waals surface area contributed by atoms with Crippen LogP contribution in [-0.4, -0.2) is 33.3 Å². The lowest BCUT2D eigenvalue weighted by Gasteiger charge is -2.41. The molecular formula is C24H42O4Si. The summed E-state index contributed by atoms with van der Waals surface area (Å²) in [6, 6.07) is 0. The van der Waals surface area contributed by atoms with E-state index in [0.29, 0.717) is 13.2 Å². The smallest absolute Gasteiger partial charge is 0.306 e. The van der Waals surface area contributed by atoms with Crippen molar-refractivity contribution < 1.29 is 18.8 Å². The number of ether oxygens (including phenoxy) is 1. The molecule has 5 heteroatoms. The van der Waals surface area contributed by atoms with Crippen LogP contribution >= 0.6 is 0 Å². The summed E-state index contributed by atoms with van der Waals surface area (Å²) in [5.41, 5.74) is 1.76. The van der Waals surface area contributed by atoms with Gasteiger partial charge in [0, 0.05) is 11.5 Å². The summed E-state index contributed by atoms with van der Waals surface area (Å²) in [6.45, 7) is 19.8. The van der Waals surface area contributed by atoms with Gasteiger partial charge in [-0.25, -0.2) is 0 Å². The van der Waals surface area contributed by atoms with E-state index in [2.05, 4.69) is 66.8 Å². The number of Topliss-reactive ketones (excluding diaryl/α,β-unsaturated/α-hetero) is 1. The van der Waals surface area contributed by atoms with Crippen LogP contribution in [0.5, 0.6) is 0 Å². The molecule has 1 aliphatic rings. The molecule has 0 spiro atoms. The highest BCUT2D eigenvalue weighted by Gasteiger charge is 2.44. The van der Waals surface area contributed by atoms with E-state index in [1.807, 2.05) is 0 Å². The highest BCUT2D eigenvalue weighted by molar-refractivity contribution is 6.74. The maximum Gasteiger partial charge on any atom is 0.306 e. The zero-order valence-corrected chi connectivity index (χ0v) is 21.1. The van der Waals surface area contributed by atoms with Gasteiger partial charge in [-0.2, -0.15) is 0 Å². The maximum atomic E-state index is 13.4. The number of ketones is 1. The van der Waals surface area contributed by atoms with Crippen molar-refractivity contribution in [2.24, 2.45) is 11.3 Å². The lowest BCUT2D eigenvalue weighted by molar-refractivity contribution is -0.148. The quantitative estimate of drug-likeness (QED) is 0.251. The number of carbonyl (C=O) groups excluding carboxylic acids is 2. The SMILES string of the molecule is CCOC(=O)CC1C(=O)C(CO[Si](C)(C)C(C)(C)C)=CC[C@]1(C)CCC=C(C)C. The van der Waals surface area contributed by atoms with Crippen LogP contribution in [0.4, 0.5) is 0 Å². The Morgan fingerprint density at radius 1 is 1.31 bits per heavy atom. The van der Waals surface area contributed by atoms with Crippen molar-refractivity contribution in [2.75, 3.05) is 13.2 Å². The molecule has 0 aromatic carbocycles. The number of hydrogen-bond donors (Lipinski definition) is 0. The van der Waals surface area contributed by atoms with Crippen LogP contribution in [0.25, 0.3) is 0 Å². The number of rotatable bonds is 9. The Labute approximate surface area is 179 Å². The van der Waals surface area contributed by atoms with E-state index in [1.165, 1.54) is 5.57 Å². The molecule has 0 amide bonds. The molecule has 0 fully saturated rings. The molecule has 0 saturated heterocycles. The number of carbonyl (C=O) groups is 2. The lowest BCUT2D eigenvalue weighted by Crippen LogP contribution is -2.44. The van der Waals surface area contributed by atoms with Crippen molar-refractivity contribution in [3.63, 3.8) is 0 Å². The largest absolute Gasteiger partial charge is 0.466 e. The predicted molar refractivity (Wildman–Crippen MR) is 122 cm³/mol. The molecule has 2 atom stereocenters. The number of esters is 1. The second kappa shape index (κ2) is 10.2. The molecule has 0 aromatic rings. The third-order valence-corrected chi connectivity index (χ3v) is 11.1. The normalized spacial score (nSPS) is 22.9. The summed E-state index contributed by atoms with van der Waals surface area (Å²) in [6.07, 6.45) is 6.98. The molecule has 0 aromatic heterocycles. The van der Waals surface area contributed by atoms with Crippen molar-refractivity contribution in [2.45, 2.75) is 92.3 Å². The second-order valence-electron chi connectivity index (χ2n) is 10.4. The molecule has 0 heterocycles. The van der Waals surface area contributed by atoms with Gasteiger partial charge in [-0.05, 0) is 63.6 Å². The van der Waals surface area contributed by atoms with Gasteiger partial charge in [0.25, 0.3) is 0 Å². The van der Waals surface area contributed by atoms with Crippen LogP contribution in [0.15, 0.2) is 23.3 Å². The fourth-order valence-corrected chi connectivity index (χ4v) is 4.39. The van der Waals surface area contributed by atoms with Crippen LogP contribution in [0.3, 0.4) is 0 Å². The third kappa shape index (κ3) is 7.21. The molecular weight excluding hydrogens is 380 g/mol. The first-order chi connectivity index (χ1) is 13.2. The maximum absolute atomic E-state index is 13.4. The van der Waals surface area contributed by atoms with Crippen LogP contribution in [0, 0.1) is 11.3 Å². The predicted octanol–water partition coefficient (Wildman–Crippen LogP) is 6.23. The summed E-state index contributed by atoms with van der Waals surface area (Å²) in [5, 5.41) is 0.0917. The first-order valence-electron chi connectivity index (χ1n) is 10.9. The first-order valence-corrected chi connectivity index (χ1v) is 13.8. The van der Waals surface area contributed by atoms with Crippen LogP contribution in [0.2, 0.25) is 18.1 Å². The fraction of sp³-hybridized carbons (Fsp3) is 0.750. The first kappa shape index (κ1) is 25.8. The zero-order valence-electron chi connectivity index (χ0n) is 20.1. The Kier molecular flexibility index (Phi) is 9.09. The summed E-state index contributed by atoms with van der Waals surface area (Å²) in [5.74, 6) is -0.580. The van der Waals surface area contributed by atoms with Crippen molar-refractivity contribution in [3.05, 3.63) is 23.3 Å². The van der Waals surface area contributed by atoms with Gasteiger partial charge in [-0.15, -0.1) is 0 Å². The summed E-state index contributed by atoms with van der Waals surface area (Å²) in [7, 11) is -1.95. The fourth-order valence-electron chi connectivity index (χ4n) is 3.44. The van der Waals surface area contributed by atoms with Crippen LogP contribution in [-0.2, 0) is 18.8 Å². The molecule has 0 saturated carbocycles. The highest BCUT2D eigenvalue weighted by atomic mass is 28.4. The molecule has 0 N–H and O–H groups in total. The minimum atomic E-state index is -1.95. The molecule has 0 bridgehead atoms. The van der Waals surface area contributed by atoms with E-state index in [1.54, 1.807) is 6.92 Å². The van der Waals surface area contributed by atoms with Gasteiger partial charge in [-0.1, -0.05) is 45.4 Å². The van der Waals surface area contributed by atoms with Crippen LogP contribution in [0.1, 0.15) is 74.1 Å². The molecule has 0 radical (unpaired) electrons. The summed E-state index contributed by atoms with van der Waals surface area (Å²) in [4.78, 5) is 25.6. The molecule has 1 rings (SSSR count). The Bertz CT molecular complexity index is 650. The van der Waals surface area contributed by atoms with Crippen molar-refractivity contribution in [1.29, 1.82) is 0 Å². The Morgan fingerprint density at radius 2 is 1.93 bits per heavy atom. The Hall–Kier alpha value is -1.20. The third-order valence-electron chi connectivity index (χ3n) is 6.63. The van der Waals surface area contributed by atoms with E-state index in [4.69, 9.17) is 9.16 Å². The Balaban J connectivity index is 3.05. The Morgan fingerprint density at radius 3 is 2.45 bits per heavy atom. The molecule has 0 aliphatic heterocycles. The van der Waals surface area contributed by atoms with Gasteiger partial charge < -0.3 is 9.16 Å². The summed E-state index contributed by atoms with van der Waals surface area (Å²) < 4.78 is 11.5. The van der Waals surface area contributed by atoms with E-state index in [-0.39, 0.29) is 34.5 Å². The van der Waals surface area contributed by atoms with Gasteiger partial charge in [-0.3, -0.25) is 9.59 Å². The lowest BCUT2D eigenvalue weighted by atomic mass is 9.64. The van der Waals surface area contributed by atoms with Crippen molar-refractivity contribution in [3.8, 4) is 0 Å². The zero-order chi connectivity index (χ0) is 22.5. The molecule has 29 heavy (non-hydrogen) atoms. The van der Waals surface area contributed by atoms with Crippen molar-refractivity contribution in [1.82, 2.24) is 0 Å². The second-order valence-corrected chi connectivity index (χ2v) is 15.2. The van der Waals surface area contributed by atoms with E-state index in [9.17, 15) is 9.59 Å². The standard InChI is InChI=1S/C24H42O4Si/c1-10-27-21(25)16-20-22(26)19(17-28-29(8,9)23(4,5)6)13-15-24(20,7)14-11-12-18(2)3/h12-13,20H,10-11,14-17H2,1-9H3/t20?,24-/m0/s1. The monoisotopic (exact) mass is 422 g/mol. The average Bonchev–Trinajstić information content (AvgIpc) is 2.57. The number of hydrogen-bond acceptors (Lipinski definition) is 4. The molecule has 4 nitrogen and oxygen atoms in total. The minimum absolute atomic E-state index is 0.0581. The molecule has 1 unspecified atom stereocenters. The van der Waals surface area contributed by atoms with Crippen molar-refractivity contribution >= 4 is 20.1 Å². The van der Waals surface area contributed by atoms with E-state index < -0.39 is 8.32 Å². The topological polar surface area (TPSA) is 52.6 Å². The van der Waals surface area contributed by atoms with Gasteiger partial charge in [0.2, 0.25) is 0 Å². The van der Waals surface area contributed by atoms with Gasteiger partial charge in [0.1, 0.15) is 0 Å². The van der Waals surface area contributed by atoms with Gasteiger partial charge in [0.05, 0.1) is 19.6 Å². The summed E-state index contributed by atoms with van der Waals surface area (Å²) >= 11 is 0.